The minimum Gasteiger partial charge on any atom is -0.306 e. The van der Waals surface area contributed by atoms with Gasteiger partial charge in [0.15, 0.2) is 0 Å². The maximum Gasteiger partial charge on any atom is 0.260 e. The van der Waals surface area contributed by atoms with E-state index in [0.29, 0.717) is 27.5 Å². The molecule has 3 rings (SSSR count). The summed E-state index contributed by atoms with van der Waals surface area (Å²) in [4.78, 5) is 20.4. The van der Waals surface area contributed by atoms with Crippen LogP contribution in [-0.4, -0.2) is 18.4 Å². The normalized spacial score (nSPS) is 12.2. The lowest BCUT2D eigenvalue weighted by Gasteiger charge is -2.05. The van der Waals surface area contributed by atoms with E-state index in [0.717, 1.165) is 12.0 Å². The van der Waals surface area contributed by atoms with Crippen molar-refractivity contribution in [2.24, 2.45) is 11.1 Å². The Bertz CT molecular complexity index is 1050. The van der Waals surface area contributed by atoms with Gasteiger partial charge < -0.3 is 4.98 Å². The quantitative estimate of drug-likeness (QED) is 0.743. The van der Waals surface area contributed by atoms with Crippen LogP contribution in [0, 0.1) is 5.92 Å². The summed E-state index contributed by atoms with van der Waals surface area (Å²) >= 11 is 1.44. The number of nitrogens with zero attached hydrogens (tertiary/aromatic N) is 1. The van der Waals surface area contributed by atoms with Crippen molar-refractivity contribution in [3.05, 3.63) is 45.6 Å². The largest absolute Gasteiger partial charge is 0.306 e. The Morgan fingerprint density at radius 2 is 1.92 bits per heavy atom. The van der Waals surface area contributed by atoms with Crippen LogP contribution < -0.4 is 10.7 Å². The molecule has 0 bridgehead atoms. The average Bonchev–Trinajstić information content (AvgIpc) is 2.89. The van der Waals surface area contributed by atoms with E-state index >= 15 is 0 Å². The number of hydrogen-bond donors (Lipinski definition) is 2. The number of aromatic nitrogens is 2. The smallest absolute Gasteiger partial charge is 0.260 e. The summed E-state index contributed by atoms with van der Waals surface area (Å²) in [5.74, 6) is 0.860. The van der Waals surface area contributed by atoms with E-state index < -0.39 is 10.0 Å². The minimum atomic E-state index is -3.74. The predicted molar refractivity (Wildman–Crippen MR) is 95.6 cm³/mol. The first-order valence-electron chi connectivity index (χ1n) is 7.39. The van der Waals surface area contributed by atoms with Crippen molar-refractivity contribution in [3.63, 3.8) is 0 Å². The van der Waals surface area contributed by atoms with Crippen molar-refractivity contribution >= 4 is 31.6 Å². The topological polar surface area (TPSA) is 106 Å². The first-order valence-corrected chi connectivity index (χ1v) is 9.82. The molecule has 0 spiro atoms. The van der Waals surface area contributed by atoms with Crippen molar-refractivity contribution in [2.75, 3.05) is 0 Å². The molecule has 6 nitrogen and oxygen atoms in total. The highest BCUT2D eigenvalue weighted by molar-refractivity contribution is 7.89. The number of benzene rings is 1. The molecule has 0 saturated heterocycles. The number of sulfonamides is 1. The fourth-order valence-electron chi connectivity index (χ4n) is 2.54. The number of nitrogens with two attached hydrogens (primary N) is 1. The van der Waals surface area contributed by atoms with Gasteiger partial charge in [-0.05, 0) is 47.5 Å². The third-order valence-electron chi connectivity index (χ3n) is 3.60. The molecule has 0 atom stereocenters. The second kappa shape index (κ2) is 6.12. The van der Waals surface area contributed by atoms with Crippen LogP contribution in [0.1, 0.15) is 19.4 Å². The van der Waals surface area contributed by atoms with E-state index in [1.165, 1.54) is 23.5 Å². The third-order valence-corrected chi connectivity index (χ3v) is 5.45. The highest BCUT2D eigenvalue weighted by Crippen LogP contribution is 2.26. The number of primary sulfonamides is 1. The van der Waals surface area contributed by atoms with E-state index in [4.69, 9.17) is 5.14 Å². The van der Waals surface area contributed by atoms with E-state index in [9.17, 15) is 13.2 Å². The Kier molecular flexibility index (Phi) is 4.29. The molecule has 126 valence electrons. The summed E-state index contributed by atoms with van der Waals surface area (Å²) in [6, 6.07) is 5.94. The van der Waals surface area contributed by atoms with Crippen LogP contribution in [0.2, 0.25) is 0 Å². The van der Waals surface area contributed by atoms with Gasteiger partial charge in [0.25, 0.3) is 5.56 Å². The summed E-state index contributed by atoms with van der Waals surface area (Å²) < 4.78 is 22.6. The Balaban J connectivity index is 2.07. The van der Waals surface area contributed by atoms with Gasteiger partial charge in [-0.3, -0.25) is 4.79 Å². The molecular weight excluding hydrogens is 346 g/mol. The Morgan fingerprint density at radius 1 is 1.25 bits per heavy atom. The fourth-order valence-corrected chi connectivity index (χ4v) is 4.01. The van der Waals surface area contributed by atoms with Crippen LogP contribution in [0.15, 0.2) is 39.3 Å². The zero-order chi connectivity index (χ0) is 17.5. The van der Waals surface area contributed by atoms with Crippen LogP contribution >= 0.6 is 11.3 Å². The lowest BCUT2D eigenvalue weighted by Crippen LogP contribution is -2.12. The zero-order valence-corrected chi connectivity index (χ0v) is 14.9. The van der Waals surface area contributed by atoms with Crippen molar-refractivity contribution < 1.29 is 8.42 Å². The summed E-state index contributed by atoms with van der Waals surface area (Å²) in [6.45, 7) is 4.21. The van der Waals surface area contributed by atoms with Gasteiger partial charge in [-0.2, -0.15) is 0 Å². The number of nitrogens with one attached hydrogen (secondary N) is 1. The lowest BCUT2D eigenvalue weighted by molar-refractivity contribution is 0.598. The fraction of sp³-hybridized carbons (Fsp3) is 0.250. The molecule has 0 fully saturated rings. The molecule has 3 N–H and O–H groups in total. The van der Waals surface area contributed by atoms with E-state index in [1.54, 1.807) is 12.1 Å². The van der Waals surface area contributed by atoms with Crippen LogP contribution in [0.25, 0.3) is 21.6 Å². The summed E-state index contributed by atoms with van der Waals surface area (Å²) in [6.07, 6.45) is 0.827. The molecule has 0 unspecified atom stereocenters. The molecular formula is C16H17N3O3S2. The van der Waals surface area contributed by atoms with Gasteiger partial charge >= 0.3 is 0 Å². The highest BCUT2D eigenvalue weighted by atomic mass is 32.2. The monoisotopic (exact) mass is 363 g/mol. The first-order chi connectivity index (χ1) is 11.3. The van der Waals surface area contributed by atoms with Crippen molar-refractivity contribution in [1.29, 1.82) is 0 Å². The number of hydrogen-bond acceptors (Lipinski definition) is 5. The van der Waals surface area contributed by atoms with Crippen molar-refractivity contribution in [3.8, 4) is 11.4 Å². The molecule has 3 aromatic rings. The maximum atomic E-state index is 12.5. The standard InChI is InChI=1S/C16H17N3O3S2/c1-9(2)7-11-8-23-16-13(11)15(20)18-14(19-16)10-3-5-12(6-4-10)24(17,21)22/h3-6,8-9H,7H2,1-2H3,(H2,17,21,22)(H,18,19,20). The molecule has 2 heterocycles. The highest BCUT2D eigenvalue weighted by Gasteiger charge is 2.14. The Labute approximate surface area is 143 Å². The molecule has 8 heteroatoms. The SMILES string of the molecule is CC(C)Cc1csc2nc(-c3ccc(S(N)(=O)=O)cc3)[nH]c(=O)c12. The predicted octanol–water partition coefficient (Wildman–Crippen LogP) is 2.50. The van der Waals surface area contributed by atoms with Crippen LogP contribution in [-0.2, 0) is 16.4 Å². The molecule has 0 radical (unpaired) electrons. The number of fused-ring (bicyclic) bond motifs is 1. The molecule has 0 aliphatic rings. The van der Waals surface area contributed by atoms with Crippen molar-refractivity contribution in [1.82, 2.24) is 9.97 Å². The Morgan fingerprint density at radius 3 is 2.50 bits per heavy atom. The first kappa shape index (κ1) is 16.8. The molecule has 24 heavy (non-hydrogen) atoms. The van der Waals surface area contributed by atoms with Gasteiger partial charge in [-0.25, -0.2) is 18.5 Å². The number of thiophene rings is 1. The van der Waals surface area contributed by atoms with E-state index in [2.05, 4.69) is 23.8 Å². The minimum absolute atomic E-state index is 0.0185. The average molecular weight is 363 g/mol. The molecule has 1 aromatic carbocycles. The van der Waals surface area contributed by atoms with E-state index in [1.807, 2.05) is 5.38 Å². The van der Waals surface area contributed by atoms with E-state index in [-0.39, 0.29) is 10.5 Å². The Hall–Kier alpha value is -2.03. The molecule has 0 aliphatic carbocycles. The molecule has 2 aromatic heterocycles. The molecule has 0 amide bonds. The van der Waals surface area contributed by atoms with Crippen LogP contribution in [0.5, 0.6) is 0 Å². The van der Waals surface area contributed by atoms with Gasteiger partial charge in [0.1, 0.15) is 10.7 Å². The van der Waals surface area contributed by atoms with Gasteiger partial charge in [-0.1, -0.05) is 13.8 Å². The number of aromatic amines is 1. The second-order valence-electron chi connectivity index (χ2n) is 6.02. The van der Waals surface area contributed by atoms with Crippen molar-refractivity contribution in [2.45, 2.75) is 25.2 Å². The summed E-state index contributed by atoms with van der Waals surface area (Å²) in [7, 11) is -3.74. The molecule has 0 aliphatic heterocycles. The van der Waals surface area contributed by atoms with Gasteiger partial charge in [0, 0.05) is 5.56 Å². The van der Waals surface area contributed by atoms with Crippen LogP contribution in [0.3, 0.4) is 0 Å². The number of H-pyrrole nitrogens is 1. The summed E-state index contributed by atoms with van der Waals surface area (Å²) in [5.41, 5.74) is 1.46. The lowest BCUT2D eigenvalue weighted by atomic mass is 10.0. The van der Waals surface area contributed by atoms with Gasteiger partial charge in [0.05, 0.1) is 10.3 Å². The number of rotatable bonds is 4. The maximum absolute atomic E-state index is 12.5. The molecule has 0 saturated carbocycles. The zero-order valence-electron chi connectivity index (χ0n) is 13.2. The van der Waals surface area contributed by atoms with Crippen LogP contribution in [0.4, 0.5) is 0 Å². The van der Waals surface area contributed by atoms with Gasteiger partial charge in [0.2, 0.25) is 10.0 Å². The second-order valence-corrected chi connectivity index (χ2v) is 8.44. The summed E-state index contributed by atoms with van der Waals surface area (Å²) in [5, 5.41) is 7.70. The third kappa shape index (κ3) is 3.26. The van der Waals surface area contributed by atoms with Gasteiger partial charge in [-0.15, -0.1) is 11.3 Å².